The molecule has 182 valence electrons. The largest absolute Gasteiger partial charge is 0.399 e. The number of hydrogen-bond donors (Lipinski definition) is 1. The highest BCUT2D eigenvalue weighted by molar-refractivity contribution is 6.00. The van der Waals surface area contributed by atoms with Crippen molar-refractivity contribution < 1.29 is 19.3 Å². The summed E-state index contributed by atoms with van der Waals surface area (Å²) in [5, 5.41) is 18.8. The van der Waals surface area contributed by atoms with Crippen molar-refractivity contribution >= 4 is 11.6 Å². The summed E-state index contributed by atoms with van der Waals surface area (Å²) in [6.07, 6.45) is -0.188. The molecule has 2 atom stereocenters. The summed E-state index contributed by atoms with van der Waals surface area (Å²) in [6, 6.07) is 26.6. The van der Waals surface area contributed by atoms with Gasteiger partial charge < -0.3 is 19.4 Å². The van der Waals surface area contributed by atoms with Crippen LogP contribution in [0, 0.1) is 0 Å². The molecule has 1 aliphatic heterocycles. The van der Waals surface area contributed by atoms with Crippen molar-refractivity contribution in [3.8, 4) is 11.1 Å². The Hall–Kier alpha value is -4.30. The molecule has 36 heavy (non-hydrogen) atoms. The van der Waals surface area contributed by atoms with E-state index in [1.54, 1.807) is 4.90 Å². The van der Waals surface area contributed by atoms with Crippen LogP contribution < -0.4 is 0 Å². The zero-order valence-electron chi connectivity index (χ0n) is 19.8. The van der Waals surface area contributed by atoms with Gasteiger partial charge in [-0.25, -0.2) is 0 Å². The smallest absolute Gasteiger partial charge is 0.255 e. The van der Waals surface area contributed by atoms with Gasteiger partial charge in [0.05, 0.1) is 12.3 Å². The number of benzene rings is 3. The first-order chi connectivity index (χ1) is 17.6. The summed E-state index contributed by atoms with van der Waals surface area (Å²) in [7, 11) is 1.47. The van der Waals surface area contributed by atoms with Crippen LogP contribution in [-0.2, 0) is 11.3 Å². The van der Waals surface area contributed by atoms with Crippen molar-refractivity contribution in [2.45, 2.75) is 25.0 Å². The Balaban J connectivity index is 1.36. The van der Waals surface area contributed by atoms with Crippen LogP contribution in [0.1, 0.15) is 46.2 Å². The topological polar surface area (TPSA) is 101 Å². The fourth-order valence-corrected chi connectivity index (χ4v) is 4.39. The summed E-state index contributed by atoms with van der Waals surface area (Å²) < 4.78 is 5.38. The molecule has 0 bridgehead atoms. The standard InChI is InChI=1S/C28H26N4O4/c1-35-30-23-17-24(26-29-27(36-31-26)25(33)16-19-8-4-2-5-9-19)32(18-23)28(34)22-14-12-21(13-15-22)20-10-6-3-7-11-20/h2-15,24-25,33H,16-18H2,1H3/t24-,25?/m0/s1. The molecule has 1 fully saturated rings. The number of aromatic nitrogens is 2. The lowest BCUT2D eigenvalue weighted by Crippen LogP contribution is -2.31. The number of aliphatic hydroxyl groups is 1. The maximum absolute atomic E-state index is 13.5. The van der Waals surface area contributed by atoms with Gasteiger partial charge in [-0.05, 0) is 28.8 Å². The predicted octanol–water partition coefficient (Wildman–Crippen LogP) is 4.60. The molecule has 1 N–H and O–H groups in total. The molecule has 8 nitrogen and oxygen atoms in total. The van der Waals surface area contributed by atoms with Crippen LogP contribution in [0.25, 0.3) is 11.1 Å². The van der Waals surface area contributed by atoms with Gasteiger partial charge in [0.25, 0.3) is 11.8 Å². The van der Waals surface area contributed by atoms with Gasteiger partial charge in [0.1, 0.15) is 19.3 Å². The van der Waals surface area contributed by atoms with Crippen LogP contribution in [0.3, 0.4) is 0 Å². The predicted molar refractivity (Wildman–Crippen MR) is 134 cm³/mol. The highest BCUT2D eigenvalue weighted by Gasteiger charge is 2.38. The first kappa shape index (κ1) is 23.4. The fraction of sp³-hybridized carbons (Fsp3) is 0.214. The Morgan fingerprint density at radius 3 is 2.42 bits per heavy atom. The van der Waals surface area contributed by atoms with Crippen molar-refractivity contribution in [2.24, 2.45) is 5.16 Å². The van der Waals surface area contributed by atoms with E-state index < -0.39 is 12.1 Å². The Labute approximate surface area is 208 Å². The van der Waals surface area contributed by atoms with Crippen molar-refractivity contribution in [3.63, 3.8) is 0 Å². The summed E-state index contributed by atoms with van der Waals surface area (Å²) in [4.78, 5) is 24.6. The van der Waals surface area contributed by atoms with Crippen LogP contribution in [0.15, 0.2) is 94.6 Å². The number of carbonyl (C=O) groups excluding carboxylic acids is 1. The molecule has 3 aromatic carbocycles. The molecule has 5 rings (SSSR count). The molecule has 0 radical (unpaired) electrons. The molecule has 1 amide bonds. The van der Waals surface area contributed by atoms with Gasteiger partial charge >= 0.3 is 0 Å². The first-order valence-corrected chi connectivity index (χ1v) is 11.7. The monoisotopic (exact) mass is 482 g/mol. The maximum Gasteiger partial charge on any atom is 0.255 e. The van der Waals surface area contributed by atoms with Gasteiger partial charge in [0.2, 0.25) is 0 Å². The third-order valence-electron chi connectivity index (χ3n) is 6.19. The van der Waals surface area contributed by atoms with E-state index >= 15 is 0 Å². The van der Waals surface area contributed by atoms with E-state index in [-0.39, 0.29) is 18.3 Å². The minimum atomic E-state index is -0.947. The summed E-state index contributed by atoms with van der Waals surface area (Å²) in [5.41, 5.74) is 4.32. The molecule has 1 unspecified atom stereocenters. The normalized spacial score (nSPS) is 17.3. The third kappa shape index (κ3) is 5.04. The zero-order valence-corrected chi connectivity index (χ0v) is 19.8. The Kier molecular flexibility index (Phi) is 6.86. The Morgan fingerprint density at radius 1 is 1.06 bits per heavy atom. The molecular formula is C28H26N4O4. The van der Waals surface area contributed by atoms with E-state index in [1.807, 2.05) is 84.9 Å². The van der Waals surface area contributed by atoms with E-state index in [4.69, 9.17) is 9.36 Å². The number of hydrogen-bond acceptors (Lipinski definition) is 7. The number of rotatable bonds is 7. The SMILES string of the molecule is CON=C1C[C@@H](c2noc(C(O)Cc3ccccc3)n2)N(C(=O)c2ccc(-c3ccccc3)cc2)C1. The lowest BCUT2D eigenvalue weighted by molar-refractivity contribution is 0.0732. The van der Waals surface area contributed by atoms with Crippen molar-refractivity contribution in [1.82, 2.24) is 15.0 Å². The minimum absolute atomic E-state index is 0.116. The number of likely N-dealkylation sites (tertiary alicyclic amines) is 1. The highest BCUT2D eigenvalue weighted by Crippen LogP contribution is 2.32. The number of oxime groups is 1. The number of carbonyl (C=O) groups is 1. The van der Waals surface area contributed by atoms with Crippen molar-refractivity contribution in [2.75, 3.05) is 13.7 Å². The summed E-state index contributed by atoms with van der Waals surface area (Å²) in [5.74, 6) is 0.273. The summed E-state index contributed by atoms with van der Waals surface area (Å²) >= 11 is 0. The fourth-order valence-electron chi connectivity index (χ4n) is 4.39. The molecule has 1 aliphatic rings. The number of nitrogens with zero attached hydrogens (tertiary/aromatic N) is 4. The van der Waals surface area contributed by atoms with Gasteiger partial charge in [0, 0.05) is 18.4 Å². The van der Waals surface area contributed by atoms with Gasteiger partial charge in [0.15, 0.2) is 5.82 Å². The van der Waals surface area contributed by atoms with E-state index in [0.717, 1.165) is 16.7 Å². The van der Waals surface area contributed by atoms with E-state index in [1.165, 1.54) is 7.11 Å². The second kappa shape index (κ2) is 10.5. The molecule has 4 aromatic rings. The zero-order chi connectivity index (χ0) is 24.9. The lowest BCUT2D eigenvalue weighted by atomic mass is 10.0. The van der Waals surface area contributed by atoms with Crippen LogP contribution in [0.5, 0.6) is 0 Å². The molecule has 0 spiro atoms. The molecule has 0 saturated carbocycles. The molecule has 2 heterocycles. The average molecular weight is 483 g/mol. The van der Waals surface area contributed by atoms with E-state index in [0.29, 0.717) is 29.9 Å². The van der Waals surface area contributed by atoms with Gasteiger partial charge in [-0.3, -0.25) is 4.79 Å². The molecule has 0 aliphatic carbocycles. The number of aliphatic hydroxyl groups excluding tert-OH is 1. The molecule has 1 aromatic heterocycles. The second-order valence-electron chi connectivity index (χ2n) is 8.63. The third-order valence-corrected chi connectivity index (χ3v) is 6.19. The minimum Gasteiger partial charge on any atom is -0.399 e. The molecule has 1 saturated heterocycles. The van der Waals surface area contributed by atoms with Gasteiger partial charge in [-0.15, -0.1) is 0 Å². The van der Waals surface area contributed by atoms with Gasteiger partial charge in [-0.2, -0.15) is 4.98 Å². The Morgan fingerprint density at radius 2 is 1.72 bits per heavy atom. The van der Waals surface area contributed by atoms with Crippen LogP contribution in [-0.4, -0.2) is 45.4 Å². The second-order valence-corrected chi connectivity index (χ2v) is 8.63. The quantitative estimate of drug-likeness (QED) is 0.386. The van der Waals surface area contributed by atoms with Crippen LogP contribution in [0.2, 0.25) is 0 Å². The summed E-state index contributed by atoms with van der Waals surface area (Å²) in [6.45, 7) is 0.286. The van der Waals surface area contributed by atoms with Crippen LogP contribution >= 0.6 is 0 Å². The van der Waals surface area contributed by atoms with Crippen LogP contribution in [0.4, 0.5) is 0 Å². The van der Waals surface area contributed by atoms with Crippen molar-refractivity contribution in [3.05, 3.63) is 108 Å². The maximum atomic E-state index is 13.5. The first-order valence-electron chi connectivity index (χ1n) is 11.7. The van der Waals surface area contributed by atoms with Crippen molar-refractivity contribution in [1.29, 1.82) is 0 Å². The van der Waals surface area contributed by atoms with E-state index in [9.17, 15) is 9.90 Å². The average Bonchev–Trinajstić information content (AvgIpc) is 3.57. The molecule has 8 heteroatoms. The highest BCUT2D eigenvalue weighted by atomic mass is 16.6. The van der Waals surface area contributed by atoms with Gasteiger partial charge in [-0.1, -0.05) is 83.1 Å². The molecular weight excluding hydrogens is 456 g/mol. The van der Waals surface area contributed by atoms with E-state index in [2.05, 4.69) is 15.3 Å². The Bertz CT molecular complexity index is 1340. The lowest BCUT2D eigenvalue weighted by Gasteiger charge is -2.21. The number of amides is 1.